The Morgan fingerprint density at radius 2 is 2.04 bits per heavy atom. The highest BCUT2D eigenvalue weighted by Crippen LogP contribution is 2.29. The van der Waals surface area contributed by atoms with E-state index in [1.165, 1.54) is 35.6 Å². The molecule has 3 aromatic rings. The molecule has 0 fully saturated rings. The molecule has 0 spiro atoms. The molecule has 0 saturated heterocycles. The number of fused-ring (bicyclic) bond motifs is 1. The van der Waals surface area contributed by atoms with Gasteiger partial charge in [0.15, 0.2) is 8.68 Å². The van der Waals surface area contributed by atoms with Crippen LogP contribution in [-0.4, -0.2) is 39.1 Å². The van der Waals surface area contributed by atoms with Crippen molar-refractivity contribution in [2.75, 3.05) is 18.1 Å². The standard InChI is InChI=1S/C18H22N4OS3/c1-2-3-10-24-17-21-22-18(26-17)25-12-16(23)19-9-8-13-11-20-15-7-5-4-6-14(13)15/h4-7,11,20H,2-3,8-10,12H2,1H3,(H,19,23). The molecule has 0 bridgehead atoms. The van der Waals surface area contributed by atoms with Crippen LogP contribution in [0.3, 0.4) is 0 Å². The van der Waals surface area contributed by atoms with Crippen molar-refractivity contribution in [3.05, 3.63) is 36.0 Å². The number of para-hydroxylation sites is 1. The molecule has 1 amide bonds. The summed E-state index contributed by atoms with van der Waals surface area (Å²) in [5, 5.41) is 12.5. The highest BCUT2D eigenvalue weighted by molar-refractivity contribution is 8.03. The smallest absolute Gasteiger partial charge is 0.230 e. The van der Waals surface area contributed by atoms with E-state index in [2.05, 4.69) is 39.6 Å². The van der Waals surface area contributed by atoms with Gasteiger partial charge in [-0.1, -0.05) is 66.4 Å². The predicted octanol–water partition coefficient (Wildman–Crippen LogP) is 4.36. The Balaban J connectivity index is 1.38. The van der Waals surface area contributed by atoms with Crippen molar-refractivity contribution < 1.29 is 4.79 Å². The fourth-order valence-corrected chi connectivity index (χ4v) is 5.48. The second kappa shape index (κ2) is 9.99. The van der Waals surface area contributed by atoms with Crippen LogP contribution in [0.2, 0.25) is 0 Å². The van der Waals surface area contributed by atoms with Gasteiger partial charge in [0.2, 0.25) is 5.91 Å². The summed E-state index contributed by atoms with van der Waals surface area (Å²) in [5.74, 6) is 1.48. The van der Waals surface area contributed by atoms with Crippen molar-refractivity contribution in [1.82, 2.24) is 20.5 Å². The van der Waals surface area contributed by atoms with E-state index >= 15 is 0 Å². The molecule has 0 aliphatic rings. The van der Waals surface area contributed by atoms with Crippen LogP contribution in [-0.2, 0) is 11.2 Å². The molecule has 5 nitrogen and oxygen atoms in total. The van der Waals surface area contributed by atoms with Crippen molar-refractivity contribution in [3.8, 4) is 0 Å². The van der Waals surface area contributed by atoms with E-state index in [9.17, 15) is 4.79 Å². The highest BCUT2D eigenvalue weighted by Gasteiger charge is 2.09. The maximum absolute atomic E-state index is 12.0. The number of H-pyrrole nitrogens is 1. The fraction of sp³-hybridized carbons (Fsp3) is 0.389. The van der Waals surface area contributed by atoms with Crippen molar-refractivity contribution >= 4 is 51.7 Å². The third-order valence-electron chi connectivity index (χ3n) is 3.83. The van der Waals surface area contributed by atoms with Crippen molar-refractivity contribution in [3.63, 3.8) is 0 Å². The second-order valence-electron chi connectivity index (χ2n) is 5.78. The number of unbranched alkanes of at least 4 members (excludes halogenated alkanes) is 1. The summed E-state index contributed by atoms with van der Waals surface area (Å²) in [7, 11) is 0. The number of amides is 1. The average Bonchev–Trinajstić information content (AvgIpc) is 3.28. The SMILES string of the molecule is CCCCSc1nnc(SCC(=O)NCCc2c[nH]c3ccccc23)s1. The Kier molecular flexibility index (Phi) is 7.40. The lowest BCUT2D eigenvalue weighted by Gasteiger charge is -2.03. The van der Waals surface area contributed by atoms with Crippen LogP contribution in [0.4, 0.5) is 0 Å². The van der Waals surface area contributed by atoms with Crippen molar-refractivity contribution in [1.29, 1.82) is 0 Å². The number of aromatic nitrogens is 3. The van der Waals surface area contributed by atoms with Gasteiger partial charge in [-0.15, -0.1) is 10.2 Å². The van der Waals surface area contributed by atoms with Gasteiger partial charge in [-0.05, 0) is 24.5 Å². The minimum absolute atomic E-state index is 0.0326. The molecule has 0 saturated carbocycles. The number of benzene rings is 1. The topological polar surface area (TPSA) is 70.7 Å². The molecule has 0 radical (unpaired) electrons. The molecule has 0 aliphatic heterocycles. The molecule has 8 heteroatoms. The van der Waals surface area contributed by atoms with Gasteiger partial charge >= 0.3 is 0 Å². The lowest BCUT2D eigenvalue weighted by atomic mass is 10.1. The maximum atomic E-state index is 12.0. The van der Waals surface area contributed by atoms with Crippen LogP contribution >= 0.6 is 34.9 Å². The third-order valence-corrected chi connectivity index (χ3v) is 7.11. The van der Waals surface area contributed by atoms with Gasteiger partial charge in [-0.3, -0.25) is 4.79 Å². The van der Waals surface area contributed by atoms with E-state index in [-0.39, 0.29) is 5.91 Å². The normalized spacial score (nSPS) is 11.1. The highest BCUT2D eigenvalue weighted by atomic mass is 32.2. The Labute approximate surface area is 165 Å². The first-order valence-corrected chi connectivity index (χ1v) is 11.5. The fourth-order valence-electron chi connectivity index (χ4n) is 2.47. The summed E-state index contributed by atoms with van der Waals surface area (Å²) in [6, 6.07) is 8.21. The number of carbonyl (C=O) groups is 1. The molecule has 26 heavy (non-hydrogen) atoms. The lowest BCUT2D eigenvalue weighted by molar-refractivity contribution is -0.118. The van der Waals surface area contributed by atoms with Gasteiger partial charge in [0, 0.05) is 29.4 Å². The van der Waals surface area contributed by atoms with Gasteiger partial charge in [-0.2, -0.15) is 0 Å². The number of hydrogen-bond donors (Lipinski definition) is 2. The quantitative estimate of drug-likeness (QED) is 0.387. The first-order valence-electron chi connectivity index (χ1n) is 8.67. The molecule has 0 aliphatic carbocycles. The zero-order valence-corrected chi connectivity index (χ0v) is 17.1. The third kappa shape index (κ3) is 5.49. The molecule has 0 unspecified atom stereocenters. The summed E-state index contributed by atoms with van der Waals surface area (Å²) in [6.07, 6.45) is 5.21. The van der Waals surface area contributed by atoms with Crippen LogP contribution in [0, 0.1) is 0 Å². The number of carbonyl (C=O) groups excluding carboxylic acids is 1. The predicted molar refractivity (Wildman–Crippen MR) is 111 cm³/mol. The van der Waals surface area contributed by atoms with Crippen LogP contribution in [0.5, 0.6) is 0 Å². The summed E-state index contributed by atoms with van der Waals surface area (Å²) in [5.41, 5.74) is 2.36. The van der Waals surface area contributed by atoms with Gasteiger partial charge < -0.3 is 10.3 Å². The van der Waals surface area contributed by atoms with Crippen LogP contribution in [0.15, 0.2) is 39.1 Å². The summed E-state index contributed by atoms with van der Waals surface area (Å²) in [6.45, 7) is 2.81. The number of thioether (sulfide) groups is 2. The van der Waals surface area contributed by atoms with E-state index in [1.807, 2.05) is 18.3 Å². The first kappa shape index (κ1) is 19.3. The molecule has 138 valence electrons. The Morgan fingerprint density at radius 1 is 1.23 bits per heavy atom. The second-order valence-corrected chi connectivity index (χ2v) is 9.33. The number of nitrogens with one attached hydrogen (secondary N) is 2. The van der Waals surface area contributed by atoms with Crippen LogP contribution < -0.4 is 5.32 Å². The van der Waals surface area contributed by atoms with E-state index in [4.69, 9.17) is 0 Å². The van der Waals surface area contributed by atoms with Gasteiger partial charge in [0.25, 0.3) is 0 Å². The van der Waals surface area contributed by atoms with E-state index < -0.39 is 0 Å². The summed E-state index contributed by atoms with van der Waals surface area (Å²) in [4.78, 5) is 15.3. The molecule has 2 heterocycles. The molecule has 0 atom stereocenters. The van der Waals surface area contributed by atoms with E-state index in [0.29, 0.717) is 12.3 Å². The zero-order chi connectivity index (χ0) is 18.2. The summed E-state index contributed by atoms with van der Waals surface area (Å²) >= 11 is 4.76. The Bertz CT molecular complexity index is 846. The van der Waals surface area contributed by atoms with Crippen molar-refractivity contribution in [2.24, 2.45) is 0 Å². The van der Waals surface area contributed by atoms with Gasteiger partial charge in [-0.25, -0.2) is 0 Å². The Hall–Kier alpha value is -1.51. The van der Waals surface area contributed by atoms with Crippen LogP contribution in [0.25, 0.3) is 10.9 Å². The van der Waals surface area contributed by atoms with E-state index in [0.717, 1.165) is 26.4 Å². The summed E-state index contributed by atoms with van der Waals surface area (Å²) < 4.78 is 1.84. The lowest BCUT2D eigenvalue weighted by Crippen LogP contribution is -2.27. The first-order chi connectivity index (χ1) is 12.8. The van der Waals surface area contributed by atoms with Gasteiger partial charge in [0.1, 0.15) is 0 Å². The largest absolute Gasteiger partial charge is 0.361 e. The molecular formula is C18H22N4OS3. The van der Waals surface area contributed by atoms with Gasteiger partial charge in [0.05, 0.1) is 5.75 Å². The average molecular weight is 407 g/mol. The number of nitrogens with zero attached hydrogens (tertiary/aromatic N) is 2. The minimum atomic E-state index is 0.0326. The number of rotatable bonds is 10. The molecular weight excluding hydrogens is 384 g/mol. The zero-order valence-electron chi connectivity index (χ0n) is 14.7. The van der Waals surface area contributed by atoms with Crippen LogP contribution in [0.1, 0.15) is 25.3 Å². The van der Waals surface area contributed by atoms with E-state index in [1.54, 1.807) is 23.1 Å². The maximum Gasteiger partial charge on any atom is 0.230 e. The minimum Gasteiger partial charge on any atom is -0.361 e. The van der Waals surface area contributed by atoms with Crippen molar-refractivity contribution in [2.45, 2.75) is 34.9 Å². The monoisotopic (exact) mass is 406 g/mol. The molecule has 2 aromatic heterocycles. The Morgan fingerprint density at radius 3 is 2.88 bits per heavy atom. The molecule has 3 rings (SSSR count). The molecule has 1 aromatic carbocycles. The molecule has 2 N–H and O–H groups in total. The number of hydrogen-bond acceptors (Lipinski definition) is 6. The number of aromatic amines is 1.